The van der Waals surface area contributed by atoms with E-state index in [0.29, 0.717) is 24.7 Å². The fraction of sp³-hybridized carbons (Fsp3) is 0.500. The highest BCUT2D eigenvalue weighted by Gasteiger charge is 2.33. The standard InChI is InChI=1S/C14H17BrClNO2/c1-10-6-11(8-12(15)7-10)13(18)17-14(9-16)2-4-19-5-3-14/h6-8H,2-5,9H2,1H3,(H,17,18). The van der Waals surface area contributed by atoms with E-state index in [1.807, 2.05) is 25.1 Å². The first-order valence-corrected chi connectivity index (χ1v) is 7.61. The van der Waals surface area contributed by atoms with E-state index in [2.05, 4.69) is 21.2 Å². The fourth-order valence-corrected chi connectivity index (χ4v) is 3.18. The number of amides is 1. The van der Waals surface area contributed by atoms with E-state index >= 15 is 0 Å². The van der Waals surface area contributed by atoms with Gasteiger partial charge in [0.25, 0.3) is 5.91 Å². The monoisotopic (exact) mass is 345 g/mol. The Morgan fingerprint density at radius 3 is 2.68 bits per heavy atom. The third-order valence-electron chi connectivity index (χ3n) is 3.39. The molecule has 1 heterocycles. The van der Waals surface area contributed by atoms with Gasteiger partial charge < -0.3 is 10.1 Å². The molecule has 0 unspecified atom stereocenters. The molecule has 0 aliphatic carbocycles. The highest BCUT2D eigenvalue weighted by atomic mass is 79.9. The van der Waals surface area contributed by atoms with Crippen LogP contribution in [0.5, 0.6) is 0 Å². The Morgan fingerprint density at radius 1 is 1.42 bits per heavy atom. The number of aryl methyl sites for hydroxylation is 1. The van der Waals surface area contributed by atoms with Crippen LogP contribution in [0.4, 0.5) is 0 Å². The van der Waals surface area contributed by atoms with Crippen molar-refractivity contribution in [3.63, 3.8) is 0 Å². The molecular formula is C14H17BrClNO2. The second kappa shape index (κ2) is 6.25. The van der Waals surface area contributed by atoms with Gasteiger partial charge in [0, 0.05) is 29.1 Å². The van der Waals surface area contributed by atoms with Crippen LogP contribution in [0.3, 0.4) is 0 Å². The van der Waals surface area contributed by atoms with Crippen LogP contribution in [0.15, 0.2) is 22.7 Å². The summed E-state index contributed by atoms with van der Waals surface area (Å²) >= 11 is 9.46. The van der Waals surface area contributed by atoms with E-state index in [0.717, 1.165) is 22.9 Å². The van der Waals surface area contributed by atoms with Gasteiger partial charge in [-0.05, 0) is 43.5 Å². The summed E-state index contributed by atoms with van der Waals surface area (Å²) in [4.78, 5) is 12.4. The number of ether oxygens (including phenoxy) is 1. The van der Waals surface area contributed by atoms with Crippen LogP contribution in [0.2, 0.25) is 0 Å². The van der Waals surface area contributed by atoms with Crippen molar-refractivity contribution in [3.8, 4) is 0 Å². The van der Waals surface area contributed by atoms with E-state index in [9.17, 15) is 4.79 Å². The van der Waals surface area contributed by atoms with Gasteiger partial charge in [-0.15, -0.1) is 11.6 Å². The minimum Gasteiger partial charge on any atom is -0.381 e. The van der Waals surface area contributed by atoms with Crippen LogP contribution < -0.4 is 5.32 Å². The first-order valence-electron chi connectivity index (χ1n) is 6.28. The second-order valence-electron chi connectivity index (χ2n) is 5.00. The number of carbonyl (C=O) groups excluding carboxylic acids is 1. The number of halogens is 2. The van der Waals surface area contributed by atoms with Gasteiger partial charge in [0.1, 0.15) is 0 Å². The molecule has 1 aromatic carbocycles. The molecule has 1 amide bonds. The van der Waals surface area contributed by atoms with Gasteiger partial charge in [-0.3, -0.25) is 4.79 Å². The Bertz CT molecular complexity index is 452. The maximum atomic E-state index is 12.4. The summed E-state index contributed by atoms with van der Waals surface area (Å²) in [7, 11) is 0. The lowest BCUT2D eigenvalue weighted by Crippen LogP contribution is -2.53. The van der Waals surface area contributed by atoms with Crippen molar-refractivity contribution in [2.75, 3.05) is 19.1 Å². The third kappa shape index (κ3) is 3.71. The Morgan fingerprint density at radius 2 is 2.11 bits per heavy atom. The van der Waals surface area contributed by atoms with Crippen molar-refractivity contribution in [1.29, 1.82) is 0 Å². The summed E-state index contributed by atoms with van der Waals surface area (Å²) in [6.45, 7) is 3.25. The van der Waals surface area contributed by atoms with E-state index in [4.69, 9.17) is 16.3 Å². The van der Waals surface area contributed by atoms with Crippen LogP contribution in [0, 0.1) is 6.92 Å². The van der Waals surface area contributed by atoms with Gasteiger partial charge in [0.15, 0.2) is 0 Å². The molecule has 1 fully saturated rings. The molecule has 0 radical (unpaired) electrons. The lowest BCUT2D eigenvalue weighted by Gasteiger charge is -2.36. The van der Waals surface area contributed by atoms with Gasteiger partial charge in [-0.25, -0.2) is 0 Å². The van der Waals surface area contributed by atoms with Crippen molar-refractivity contribution in [1.82, 2.24) is 5.32 Å². The van der Waals surface area contributed by atoms with Gasteiger partial charge in [0.2, 0.25) is 0 Å². The van der Waals surface area contributed by atoms with E-state index < -0.39 is 0 Å². The maximum absolute atomic E-state index is 12.4. The maximum Gasteiger partial charge on any atom is 0.251 e. The SMILES string of the molecule is Cc1cc(Br)cc(C(=O)NC2(CCl)CCOCC2)c1. The highest BCUT2D eigenvalue weighted by molar-refractivity contribution is 9.10. The molecule has 1 aliphatic rings. The summed E-state index contributed by atoms with van der Waals surface area (Å²) < 4.78 is 6.24. The molecular weight excluding hydrogens is 330 g/mol. The predicted octanol–water partition coefficient (Wildman–Crippen LogP) is 3.28. The van der Waals surface area contributed by atoms with E-state index in [-0.39, 0.29) is 11.4 Å². The number of carbonyl (C=O) groups is 1. The molecule has 3 nitrogen and oxygen atoms in total. The Kier molecular flexibility index (Phi) is 4.87. The molecule has 1 aliphatic heterocycles. The minimum absolute atomic E-state index is 0.0769. The van der Waals surface area contributed by atoms with Gasteiger partial charge >= 0.3 is 0 Å². The second-order valence-corrected chi connectivity index (χ2v) is 6.18. The summed E-state index contributed by atoms with van der Waals surface area (Å²) in [6.07, 6.45) is 1.52. The van der Waals surface area contributed by atoms with Gasteiger partial charge in [-0.2, -0.15) is 0 Å². The molecule has 0 atom stereocenters. The lowest BCUT2D eigenvalue weighted by atomic mass is 9.91. The molecule has 1 saturated heterocycles. The van der Waals surface area contributed by atoms with Crippen molar-refractivity contribution < 1.29 is 9.53 Å². The normalized spacial score (nSPS) is 18.1. The lowest BCUT2D eigenvalue weighted by molar-refractivity contribution is 0.0433. The van der Waals surface area contributed by atoms with E-state index in [1.165, 1.54) is 0 Å². The zero-order valence-corrected chi connectivity index (χ0v) is 13.2. The fourth-order valence-electron chi connectivity index (χ4n) is 2.23. The number of benzene rings is 1. The summed E-state index contributed by atoms with van der Waals surface area (Å²) in [5.41, 5.74) is 1.36. The first-order chi connectivity index (χ1) is 9.04. The number of nitrogens with one attached hydrogen (secondary N) is 1. The van der Waals surface area contributed by atoms with Crippen molar-refractivity contribution in [2.24, 2.45) is 0 Å². The number of alkyl halides is 1. The Hall–Kier alpha value is -0.580. The van der Waals surface area contributed by atoms with Crippen molar-refractivity contribution >= 4 is 33.4 Å². The van der Waals surface area contributed by atoms with Crippen LogP contribution in [0.25, 0.3) is 0 Å². The average molecular weight is 347 g/mol. The van der Waals surface area contributed by atoms with E-state index in [1.54, 1.807) is 0 Å². The highest BCUT2D eigenvalue weighted by Crippen LogP contribution is 2.23. The largest absolute Gasteiger partial charge is 0.381 e. The average Bonchev–Trinajstić information content (AvgIpc) is 2.38. The van der Waals surface area contributed by atoms with Crippen LogP contribution >= 0.6 is 27.5 Å². The van der Waals surface area contributed by atoms with Crippen molar-refractivity contribution in [3.05, 3.63) is 33.8 Å². The molecule has 0 aromatic heterocycles. The minimum atomic E-state index is -0.340. The zero-order valence-electron chi connectivity index (χ0n) is 10.8. The predicted molar refractivity (Wildman–Crippen MR) is 79.8 cm³/mol. The Labute approximate surface area is 126 Å². The molecule has 0 spiro atoms. The van der Waals surface area contributed by atoms with Crippen LogP contribution in [-0.4, -0.2) is 30.5 Å². The number of hydrogen-bond donors (Lipinski definition) is 1. The molecule has 2 rings (SSSR count). The zero-order chi connectivity index (χ0) is 13.9. The smallest absolute Gasteiger partial charge is 0.251 e. The number of hydrogen-bond acceptors (Lipinski definition) is 2. The molecule has 104 valence electrons. The molecule has 19 heavy (non-hydrogen) atoms. The summed E-state index contributed by atoms with van der Waals surface area (Å²) in [5, 5.41) is 3.08. The molecule has 0 saturated carbocycles. The summed E-state index contributed by atoms with van der Waals surface area (Å²) in [5.74, 6) is 0.335. The Balaban J connectivity index is 2.15. The topological polar surface area (TPSA) is 38.3 Å². The van der Waals surface area contributed by atoms with Gasteiger partial charge in [0.05, 0.1) is 5.54 Å². The first kappa shape index (κ1) is 14.8. The molecule has 0 bridgehead atoms. The molecule has 1 N–H and O–H groups in total. The van der Waals surface area contributed by atoms with Crippen LogP contribution in [0.1, 0.15) is 28.8 Å². The molecule has 1 aromatic rings. The van der Waals surface area contributed by atoms with Crippen molar-refractivity contribution in [2.45, 2.75) is 25.3 Å². The number of rotatable bonds is 3. The van der Waals surface area contributed by atoms with Crippen LogP contribution in [-0.2, 0) is 4.74 Å². The third-order valence-corrected chi connectivity index (χ3v) is 4.36. The van der Waals surface area contributed by atoms with Gasteiger partial charge in [-0.1, -0.05) is 15.9 Å². The summed E-state index contributed by atoms with van der Waals surface area (Å²) in [6, 6.07) is 5.67. The molecule has 5 heteroatoms. The quantitative estimate of drug-likeness (QED) is 0.853.